The largest absolute Gasteiger partial charge is 0.379 e. The van der Waals surface area contributed by atoms with Gasteiger partial charge < -0.3 is 15.0 Å². The van der Waals surface area contributed by atoms with Gasteiger partial charge in [0.05, 0.1) is 18.1 Å². The second-order valence-electron chi connectivity index (χ2n) is 8.38. The van der Waals surface area contributed by atoms with Gasteiger partial charge in [0.25, 0.3) is 5.91 Å². The highest BCUT2D eigenvalue weighted by atomic mass is 32.2. The second-order valence-corrected chi connectivity index (χ2v) is 10.3. The molecule has 1 aliphatic carbocycles. The average Bonchev–Trinajstić information content (AvgIpc) is 2.77. The lowest BCUT2D eigenvalue weighted by atomic mass is 9.94. The molecule has 168 valence electrons. The molecule has 0 radical (unpaired) electrons. The number of carbonyl (C=O) groups is 1. The molecule has 0 spiro atoms. The van der Waals surface area contributed by atoms with Gasteiger partial charge in [-0.25, -0.2) is 8.42 Å². The molecule has 1 amide bonds. The summed E-state index contributed by atoms with van der Waals surface area (Å²) in [7, 11) is -1.45. The van der Waals surface area contributed by atoms with Crippen molar-refractivity contribution in [2.75, 3.05) is 46.4 Å². The van der Waals surface area contributed by atoms with Crippen LogP contribution in [0.4, 0.5) is 0 Å². The fraction of sp³-hybridized carbons (Fsp3) is 0.682. The van der Waals surface area contributed by atoms with E-state index in [4.69, 9.17) is 4.74 Å². The molecule has 0 unspecified atom stereocenters. The van der Waals surface area contributed by atoms with Gasteiger partial charge >= 0.3 is 0 Å². The highest BCUT2D eigenvalue weighted by Crippen LogP contribution is 2.22. The molecule has 7 nitrogen and oxygen atoms in total. The van der Waals surface area contributed by atoms with E-state index >= 15 is 0 Å². The van der Waals surface area contributed by atoms with Crippen LogP contribution in [-0.2, 0) is 14.8 Å². The number of nitrogens with zero attached hydrogens (tertiary/aromatic N) is 2. The van der Waals surface area contributed by atoms with E-state index in [9.17, 15) is 13.2 Å². The number of hydrogen-bond donors (Lipinski definition) is 1. The predicted molar refractivity (Wildman–Crippen MR) is 117 cm³/mol. The van der Waals surface area contributed by atoms with Crippen molar-refractivity contribution in [3.05, 3.63) is 29.3 Å². The van der Waals surface area contributed by atoms with Crippen molar-refractivity contribution in [3.8, 4) is 0 Å². The quantitative estimate of drug-likeness (QED) is 0.632. The fourth-order valence-electron chi connectivity index (χ4n) is 4.27. The third kappa shape index (κ3) is 5.81. The highest BCUT2D eigenvalue weighted by Gasteiger charge is 2.27. The normalized spacial score (nSPS) is 19.2. The first kappa shape index (κ1) is 23.2. The Morgan fingerprint density at radius 1 is 1.20 bits per heavy atom. The number of nitrogens with one attached hydrogen (secondary N) is 1. The molecule has 2 fully saturated rings. The topological polar surface area (TPSA) is 78.9 Å². The third-order valence-electron chi connectivity index (χ3n) is 6.23. The van der Waals surface area contributed by atoms with Gasteiger partial charge in [0, 0.05) is 31.2 Å². The van der Waals surface area contributed by atoms with Crippen LogP contribution in [0.2, 0.25) is 0 Å². The first-order valence-electron chi connectivity index (χ1n) is 11.1. The van der Waals surface area contributed by atoms with Crippen LogP contribution in [-0.4, -0.2) is 76.0 Å². The van der Waals surface area contributed by atoms with Crippen molar-refractivity contribution in [1.29, 1.82) is 0 Å². The minimum Gasteiger partial charge on any atom is -0.379 e. The maximum Gasteiger partial charge on any atom is 0.251 e. The molecule has 1 saturated carbocycles. The summed E-state index contributed by atoms with van der Waals surface area (Å²) >= 11 is 0. The molecular weight excluding hydrogens is 402 g/mol. The van der Waals surface area contributed by atoms with E-state index in [-0.39, 0.29) is 10.8 Å². The molecule has 1 aromatic carbocycles. The summed E-state index contributed by atoms with van der Waals surface area (Å²) in [5.74, 6) is -0.216. The van der Waals surface area contributed by atoms with Crippen molar-refractivity contribution in [3.63, 3.8) is 0 Å². The summed E-state index contributed by atoms with van der Waals surface area (Å²) in [5.41, 5.74) is 1.19. The number of benzene rings is 1. The van der Waals surface area contributed by atoms with Crippen molar-refractivity contribution in [2.24, 2.45) is 0 Å². The van der Waals surface area contributed by atoms with Gasteiger partial charge in [-0.15, -0.1) is 0 Å². The Morgan fingerprint density at radius 3 is 2.60 bits per heavy atom. The third-order valence-corrected chi connectivity index (χ3v) is 8.13. The molecule has 2 aliphatic rings. The summed E-state index contributed by atoms with van der Waals surface area (Å²) in [6.07, 6.45) is 7.39. The molecule has 3 rings (SSSR count). The van der Waals surface area contributed by atoms with E-state index in [1.165, 1.54) is 42.5 Å². The SMILES string of the molecule is Cc1ccc(S(=O)(=O)N2CCOCC2)cc1C(=O)NCCCN(C)C1CCCCC1. The number of aryl methyl sites for hydroxylation is 1. The molecular formula is C22H35N3O4S. The number of sulfonamides is 1. The van der Waals surface area contributed by atoms with Gasteiger partial charge in [0.2, 0.25) is 10.0 Å². The van der Waals surface area contributed by atoms with E-state index in [1.807, 2.05) is 6.92 Å². The molecule has 8 heteroatoms. The van der Waals surface area contributed by atoms with E-state index in [2.05, 4.69) is 17.3 Å². The summed E-state index contributed by atoms with van der Waals surface area (Å²) in [4.78, 5) is 15.3. The monoisotopic (exact) mass is 437 g/mol. The van der Waals surface area contributed by atoms with Crippen molar-refractivity contribution in [2.45, 2.75) is 56.4 Å². The molecule has 30 heavy (non-hydrogen) atoms. The Balaban J connectivity index is 1.55. The zero-order valence-electron chi connectivity index (χ0n) is 18.2. The summed E-state index contributed by atoms with van der Waals surface area (Å²) < 4.78 is 32.5. The van der Waals surface area contributed by atoms with Crippen LogP contribution in [0.5, 0.6) is 0 Å². The Bertz CT molecular complexity index is 816. The van der Waals surface area contributed by atoms with Gasteiger partial charge in [0.1, 0.15) is 0 Å². The zero-order chi connectivity index (χ0) is 21.6. The Labute approximate surface area is 180 Å². The van der Waals surface area contributed by atoms with E-state index in [1.54, 1.807) is 12.1 Å². The van der Waals surface area contributed by atoms with Gasteiger partial charge in [-0.05, 0) is 57.5 Å². The zero-order valence-corrected chi connectivity index (χ0v) is 19.0. The number of hydrogen-bond acceptors (Lipinski definition) is 5. The number of amides is 1. The van der Waals surface area contributed by atoms with Crippen molar-refractivity contribution >= 4 is 15.9 Å². The maximum atomic E-state index is 12.9. The fourth-order valence-corrected chi connectivity index (χ4v) is 5.71. The molecule has 1 aromatic rings. The predicted octanol–water partition coefficient (Wildman–Crippen LogP) is 2.40. The number of carbonyl (C=O) groups excluding carboxylic acids is 1. The van der Waals surface area contributed by atoms with Crippen LogP contribution in [0.15, 0.2) is 23.1 Å². The highest BCUT2D eigenvalue weighted by molar-refractivity contribution is 7.89. The molecule has 1 saturated heterocycles. The minimum absolute atomic E-state index is 0.164. The van der Waals surface area contributed by atoms with Crippen LogP contribution in [0.3, 0.4) is 0 Å². The Kier molecular flexibility index (Phi) is 8.27. The van der Waals surface area contributed by atoms with Gasteiger partial charge in [-0.2, -0.15) is 4.31 Å². The van der Waals surface area contributed by atoms with Crippen molar-refractivity contribution in [1.82, 2.24) is 14.5 Å². The lowest BCUT2D eigenvalue weighted by Gasteiger charge is -2.31. The number of morpholine rings is 1. The van der Waals surface area contributed by atoms with E-state index in [0.29, 0.717) is 44.5 Å². The molecule has 0 atom stereocenters. The molecule has 1 heterocycles. The minimum atomic E-state index is -3.62. The number of rotatable bonds is 8. The average molecular weight is 438 g/mol. The lowest BCUT2D eigenvalue weighted by Crippen LogP contribution is -2.40. The summed E-state index contributed by atoms with van der Waals surface area (Å²) in [5, 5.41) is 2.96. The van der Waals surface area contributed by atoms with Crippen LogP contribution < -0.4 is 5.32 Å². The summed E-state index contributed by atoms with van der Waals surface area (Å²) in [6, 6.07) is 5.46. The van der Waals surface area contributed by atoms with Crippen LogP contribution in [0, 0.1) is 6.92 Å². The molecule has 1 aliphatic heterocycles. The lowest BCUT2D eigenvalue weighted by molar-refractivity contribution is 0.0730. The molecule has 0 bridgehead atoms. The Morgan fingerprint density at radius 2 is 1.90 bits per heavy atom. The van der Waals surface area contributed by atoms with E-state index < -0.39 is 10.0 Å². The standard InChI is InChI=1S/C22H35N3O4S/c1-18-9-10-20(30(27,28)25-13-15-29-16-14-25)17-21(18)22(26)23-11-6-12-24(2)19-7-4-3-5-8-19/h9-10,17,19H,3-8,11-16H2,1-2H3,(H,23,26). The van der Waals surface area contributed by atoms with Gasteiger partial charge in [0.15, 0.2) is 0 Å². The van der Waals surface area contributed by atoms with Gasteiger partial charge in [-0.1, -0.05) is 25.3 Å². The maximum absolute atomic E-state index is 12.9. The second kappa shape index (κ2) is 10.7. The first-order valence-corrected chi connectivity index (χ1v) is 12.5. The first-order chi connectivity index (χ1) is 14.4. The van der Waals surface area contributed by atoms with Crippen LogP contribution in [0.1, 0.15) is 54.4 Å². The Hall–Kier alpha value is -1.48. The van der Waals surface area contributed by atoms with Crippen LogP contribution >= 0.6 is 0 Å². The van der Waals surface area contributed by atoms with E-state index in [0.717, 1.165) is 18.5 Å². The number of ether oxygens (including phenoxy) is 1. The van der Waals surface area contributed by atoms with Gasteiger partial charge in [-0.3, -0.25) is 4.79 Å². The molecule has 0 aromatic heterocycles. The van der Waals surface area contributed by atoms with Crippen molar-refractivity contribution < 1.29 is 17.9 Å². The summed E-state index contributed by atoms with van der Waals surface area (Å²) in [6.45, 7) is 4.84. The smallest absolute Gasteiger partial charge is 0.251 e. The van der Waals surface area contributed by atoms with Crippen LogP contribution in [0.25, 0.3) is 0 Å². The molecule has 1 N–H and O–H groups in total.